The van der Waals surface area contributed by atoms with Gasteiger partial charge in [0.2, 0.25) is 0 Å². The monoisotopic (exact) mass is 352 g/mol. The fourth-order valence-corrected chi connectivity index (χ4v) is 2.61. The molecule has 1 rings (SSSR count). The van der Waals surface area contributed by atoms with Crippen LogP contribution in [-0.4, -0.2) is 48.2 Å². The van der Waals surface area contributed by atoms with Crippen molar-refractivity contribution in [1.82, 2.24) is 15.5 Å². The average molecular weight is 352 g/mol. The number of rotatable bonds is 10. The van der Waals surface area contributed by atoms with E-state index in [2.05, 4.69) is 41.3 Å². The Bertz CT molecular complexity index is 532. The summed E-state index contributed by atoms with van der Waals surface area (Å²) in [6.45, 7) is 13.0. The number of aliphatic imine (C=N–C) groups is 1. The third-order valence-corrected chi connectivity index (χ3v) is 4.17. The molecule has 5 nitrogen and oxygen atoms in total. The molecule has 3 N–H and O–H groups in total. The predicted molar refractivity (Wildman–Crippen MR) is 103 cm³/mol. The fraction of sp³-hybridized carbons (Fsp3) is 0.632. The van der Waals surface area contributed by atoms with Crippen LogP contribution in [0.15, 0.2) is 23.2 Å². The Morgan fingerprint density at radius 1 is 1.28 bits per heavy atom. The number of guanidine groups is 1. The van der Waals surface area contributed by atoms with Gasteiger partial charge in [-0.05, 0) is 64.0 Å². The van der Waals surface area contributed by atoms with Crippen molar-refractivity contribution >= 4 is 5.96 Å². The summed E-state index contributed by atoms with van der Waals surface area (Å²) in [4.78, 5) is 6.93. The van der Waals surface area contributed by atoms with E-state index in [1.54, 1.807) is 6.07 Å². The number of aromatic hydroxyl groups is 1. The Morgan fingerprint density at radius 3 is 2.60 bits per heavy atom. The number of nitrogens with one attached hydrogen (secondary N) is 2. The summed E-state index contributed by atoms with van der Waals surface area (Å²) < 4.78 is 13.4. The van der Waals surface area contributed by atoms with Gasteiger partial charge >= 0.3 is 0 Å². The van der Waals surface area contributed by atoms with Crippen molar-refractivity contribution in [3.05, 3.63) is 29.6 Å². The van der Waals surface area contributed by atoms with Crippen LogP contribution in [0, 0.1) is 5.82 Å². The summed E-state index contributed by atoms with van der Waals surface area (Å²) in [7, 11) is 0. The van der Waals surface area contributed by atoms with Crippen LogP contribution in [-0.2, 0) is 6.54 Å². The molecule has 25 heavy (non-hydrogen) atoms. The van der Waals surface area contributed by atoms with Crippen molar-refractivity contribution in [2.45, 2.75) is 53.1 Å². The SMILES string of the molecule is CCNC(=NCc1ccc(O)c(F)c1)NC(C)CCCN(CC)CC. The van der Waals surface area contributed by atoms with Crippen LogP contribution in [0.2, 0.25) is 0 Å². The Balaban J connectivity index is 2.52. The Labute approximate surface area is 151 Å². The lowest BCUT2D eigenvalue weighted by Gasteiger charge is -2.21. The summed E-state index contributed by atoms with van der Waals surface area (Å²) in [5.74, 6) is -0.221. The highest BCUT2D eigenvalue weighted by atomic mass is 19.1. The minimum absolute atomic E-state index is 0.310. The highest BCUT2D eigenvalue weighted by Gasteiger charge is 2.07. The maximum atomic E-state index is 13.4. The number of nitrogens with zero attached hydrogens (tertiary/aromatic N) is 2. The van der Waals surface area contributed by atoms with E-state index in [0.717, 1.165) is 50.5 Å². The second-order valence-electron chi connectivity index (χ2n) is 6.20. The molecule has 0 bridgehead atoms. The lowest BCUT2D eigenvalue weighted by molar-refractivity contribution is 0.292. The van der Waals surface area contributed by atoms with Gasteiger partial charge in [0.25, 0.3) is 0 Å². The van der Waals surface area contributed by atoms with Crippen molar-refractivity contribution in [2.24, 2.45) is 4.99 Å². The molecule has 1 aromatic rings. The molecule has 6 heteroatoms. The third-order valence-electron chi connectivity index (χ3n) is 4.17. The van der Waals surface area contributed by atoms with E-state index in [1.807, 2.05) is 6.92 Å². The minimum Gasteiger partial charge on any atom is -0.505 e. The first kappa shape index (κ1) is 21.2. The molecule has 1 unspecified atom stereocenters. The second kappa shape index (κ2) is 11.7. The zero-order valence-corrected chi connectivity index (χ0v) is 16.0. The summed E-state index contributed by atoms with van der Waals surface area (Å²) in [6, 6.07) is 4.66. The molecule has 1 atom stereocenters. The van der Waals surface area contributed by atoms with E-state index in [0.29, 0.717) is 12.6 Å². The van der Waals surface area contributed by atoms with Crippen molar-refractivity contribution in [3.8, 4) is 5.75 Å². The Hall–Kier alpha value is -1.82. The molecule has 0 spiro atoms. The van der Waals surface area contributed by atoms with Crippen LogP contribution in [0.3, 0.4) is 0 Å². The fourth-order valence-electron chi connectivity index (χ4n) is 2.61. The Kier molecular flexibility index (Phi) is 9.92. The van der Waals surface area contributed by atoms with E-state index < -0.39 is 5.82 Å². The maximum absolute atomic E-state index is 13.4. The molecule has 0 aliphatic heterocycles. The minimum atomic E-state index is -0.615. The molecule has 0 fully saturated rings. The number of benzene rings is 1. The van der Waals surface area contributed by atoms with Gasteiger partial charge in [0, 0.05) is 12.6 Å². The summed E-state index contributed by atoms with van der Waals surface area (Å²) >= 11 is 0. The van der Waals surface area contributed by atoms with Crippen molar-refractivity contribution < 1.29 is 9.50 Å². The molecule has 0 amide bonds. The van der Waals surface area contributed by atoms with Crippen molar-refractivity contribution in [3.63, 3.8) is 0 Å². The van der Waals surface area contributed by atoms with Gasteiger partial charge in [-0.2, -0.15) is 0 Å². The molecule has 0 heterocycles. The van der Waals surface area contributed by atoms with Gasteiger partial charge in [-0.3, -0.25) is 0 Å². The highest BCUT2D eigenvalue weighted by Crippen LogP contribution is 2.16. The smallest absolute Gasteiger partial charge is 0.191 e. The molecule has 0 aromatic heterocycles. The number of phenols is 1. The Morgan fingerprint density at radius 2 is 2.00 bits per heavy atom. The first-order chi connectivity index (χ1) is 12.0. The van der Waals surface area contributed by atoms with Gasteiger partial charge in [0.05, 0.1) is 6.54 Å². The normalized spacial score (nSPS) is 13.1. The number of hydrogen-bond donors (Lipinski definition) is 3. The summed E-state index contributed by atoms with van der Waals surface area (Å²) in [6.07, 6.45) is 2.20. The van der Waals surface area contributed by atoms with Crippen LogP contribution in [0.4, 0.5) is 4.39 Å². The first-order valence-electron chi connectivity index (χ1n) is 9.24. The van der Waals surface area contributed by atoms with Gasteiger partial charge in [0.15, 0.2) is 17.5 Å². The molecular formula is C19H33FN4O. The third kappa shape index (κ3) is 8.20. The lowest BCUT2D eigenvalue weighted by atomic mass is 10.2. The van der Waals surface area contributed by atoms with Crippen LogP contribution < -0.4 is 10.6 Å². The van der Waals surface area contributed by atoms with Crippen LogP contribution in [0.5, 0.6) is 5.75 Å². The highest BCUT2D eigenvalue weighted by molar-refractivity contribution is 5.80. The van der Waals surface area contributed by atoms with Gasteiger partial charge in [-0.1, -0.05) is 19.9 Å². The summed E-state index contributed by atoms with van der Waals surface area (Å²) in [5.41, 5.74) is 0.724. The maximum Gasteiger partial charge on any atom is 0.191 e. The molecule has 0 saturated carbocycles. The van der Waals surface area contributed by atoms with E-state index in [9.17, 15) is 9.50 Å². The molecule has 0 aliphatic carbocycles. The molecule has 0 radical (unpaired) electrons. The number of hydrogen-bond acceptors (Lipinski definition) is 3. The second-order valence-corrected chi connectivity index (χ2v) is 6.20. The van der Waals surface area contributed by atoms with Crippen molar-refractivity contribution in [1.29, 1.82) is 0 Å². The van der Waals surface area contributed by atoms with Gasteiger partial charge in [-0.25, -0.2) is 9.38 Å². The zero-order chi connectivity index (χ0) is 18.7. The first-order valence-corrected chi connectivity index (χ1v) is 9.24. The van der Waals surface area contributed by atoms with Crippen molar-refractivity contribution in [2.75, 3.05) is 26.2 Å². The van der Waals surface area contributed by atoms with Crippen LogP contribution >= 0.6 is 0 Å². The van der Waals surface area contributed by atoms with Gasteiger partial charge in [-0.15, -0.1) is 0 Å². The topological polar surface area (TPSA) is 59.9 Å². The molecule has 0 saturated heterocycles. The van der Waals surface area contributed by atoms with E-state index in [1.165, 1.54) is 12.1 Å². The predicted octanol–water partition coefficient (Wildman–Crippen LogP) is 3.10. The molecule has 0 aliphatic rings. The largest absolute Gasteiger partial charge is 0.505 e. The number of phenolic OH excluding ortho intramolecular Hbond substituents is 1. The van der Waals surface area contributed by atoms with Crippen LogP contribution in [0.1, 0.15) is 46.1 Å². The quantitative estimate of drug-likeness (QED) is 0.447. The van der Waals surface area contributed by atoms with E-state index in [-0.39, 0.29) is 5.75 Å². The average Bonchev–Trinajstić information content (AvgIpc) is 2.59. The standard InChI is InChI=1S/C19H33FN4O/c1-5-21-19(22-14-16-10-11-18(25)17(20)13-16)23-15(4)9-8-12-24(6-2)7-3/h10-11,13,15,25H,5-9,12,14H2,1-4H3,(H2,21,22,23). The molecular weight excluding hydrogens is 319 g/mol. The zero-order valence-electron chi connectivity index (χ0n) is 16.0. The van der Waals surface area contributed by atoms with E-state index in [4.69, 9.17) is 0 Å². The number of halogens is 1. The van der Waals surface area contributed by atoms with E-state index >= 15 is 0 Å². The van der Waals surface area contributed by atoms with Gasteiger partial charge in [0.1, 0.15) is 0 Å². The summed E-state index contributed by atoms with van der Waals surface area (Å²) in [5, 5.41) is 15.9. The van der Waals surface area contributed by atoms with Crippen LogP contribution in [0.25, 0.3) is 0 Å². The molecule has 1 aromatic carbocycles. The lowest BCUT2D eigenvalue weighted by Crippen LogP contribution is -2.42. The molecule has 142 valence electrons. The van der Waals surface area contributed by atoms with Gasteiger partial charge < -0.3 is 20.6 Å².